The van der Waals surface area contributed by atoms with Gasteiger partial charge in [-0.05, 0) is 43.0 Å². The van der Waals surface area contributed by atoms with Gasteiger partial charge in [-0.1, -0.05) is 33.8 Å². The van der Waals surface area contributed by atoms with Crippen LogP contribution in [0.2, 0.25) is 0 Å². The van der Waals surface area contributed by atoms with Crippen molar-refractivity contribution in [1.82, 2.24) is 5.32 Å². The van der Waals surface area contributed by atoms with Crippen LogP contribution in [0.3, 0.4) is 0 Å². The molecule has 0 aliphatic rings. The van der Waals surface area contributed by atoms with Crippen LogP contribution < -0.4 is 5.32 Å². The van der Waals surface area contributed by atoms with Crippen LogP contribution >= 0.6 is 0 Å². The van der Waals surface area contributed by atoms with Crippen LogP contribution in [0.4, 0.5) is 8.78 Å². The third-order valence-corrected chi connectivity index (χ3v) is 3.42. The molecule has 1 rings (SSSR count). The Labute approximate surface area is 126 Å². The first-order chi connectivity index (χ1) is 9.81. The molecule has 2 unspecified atom stereocenters. The predicted octanol–water partition coefficient (Wildman–Crippen LogP) is 4.46. The molecule has 0 saturated carbocycles. The molecule has 120 valence electrons. The highest BCUT2D eigenvalue weighted by Gasteiger charge is 2.34. The summed E-state index contributed by atoms with van der Waals surface area (Å²) < 4.78 is 32.6. The number of hydrogen-bond donors (Lipinski definition) is 1. The summed E-state index contributed by atoms with van der Waals surface area (Å²) in [5.41, 5.74) is 0.599. The molecule has 0 radical (unpaired) electrons. The third-order valence-electron chi connectivity index (χ3n) is 3.42. The molecule has 2 nitrogen and oxygen atoms in total. The molecule has 21 heavy (non-hydrogen) atoms. The van der Waals surface area contributed by atoms with Gasteiger partial charge in [-0.15, -0.1) is 0 Å². The van der Waals surface area contributed by atoms with Gasteiger partial charge in [-0.3, -0.25) is 0 Å². The maximum atomic E-state index is 13.6. The van der Waals surface area contributed by atoms with E-state index >= 15 is 0 Å². The summed E-state index contributed by atoms with van der Waals surface area (Å²) in [5.74, 6) is -1.64. The highest BCUT2D eigenvalue weighted by Crippen LogP contribution is 2.33. The van der Waals surface area contributed by atoms with Gasteiger partial charge in [0, 0.05) is 6.61 Å². The first-order valence-corrected chi connectivity index (χ1v) is 7.61. The summed E-state index contributed by atoms with van der Waals surface area (Å²) in [6.07, 6.45) is 0.835. The lowest BCUT2D eigenvalue weighted by Crippen LogP contribution is -2.42. The van der Waals surface area contributed by atoms with Gasteiger partial charge in [-0.25, -0.2) is 8.78 Å². The summed E-state index contributed by atoms with van der Waals surface area (Å²) in [4.78, 5) is 0. The molecule has 0 heterocycles. The average Bonchev–Trinajstić information content (AvgIpc) is 2.40. The highest BCUT2D eigenvalue weighted by molar-refractivity contribution is 5.23. The third kappa shape index (κ3) is 5.04. The molecule has 1 aromatic rings. The summed E-state index contributed by atoms with van der Waals surface area (Å²) in [6.45, 7) is 11.7. The topological polar surface area (TPSA) is 21.3 Å². The Morgan fingerprint density at radius 2 is 1.81 bits per heavy atom. The van der Waals surface area contributed by atoms with E-state index < -0.39 is 11.6 Å². The highest BCUT2D eigenvalue weighted by atomic mass is 19.2. The normalized spacial score (nSPS) is 15.0. The second-order valence-corrected chi connectivity index (χ2v) is 6.35. The van der Waals surface area contributed by atoms with Gasteiger partial charge in [0.15, 0.2) is 11.6 Å². The van der Waals surface area contributed by atoms with Crippen molar-refractivity contribution in [1.29, 1.82) is 0 Å². The average molecular weight is 299 g/mol. The van der Waals surface area contributed by atoms with E-state index in [-0.39, 0.29) is 17.6 Å². The van der Waals surface area contributed by atoms with Crippen LogP contribution in [0.5, 0.6) is 0 Å². The number of ether oxygens (including phenoxy) is 1. The molecule has 0 spiro atoms. The van der Waals surface area contributed by atoms with Crippen LogP contribution in [0.1, 0.15) is 52.6 Å². The zero-order chi connectivity index (χ0) is 16.0. The van der Waals surface area contributed by atoms with Crippen LogP contribution in [-0.4, -0.2) is 19.3 Å². The Morgan fingerprint density at radius 3 is 2.29 bits per heavy atom. The number of rotatable bonds is 7. The Hall–Kier alpha value is -1.00. The molecule has 4 heteroatoms. The molecule has 1 aromatic carbocycles. The molecule has 0 bridgehead atoms. The fraction of sp³-hybridized carbons (Fsp3) is 0.647. The van der Waals surface area contributed by atoms with Crippen LogP contribution in [0, 0.1) is 17.0 Å². The minimum absolute atomic E-state index is 0.119. The molecule has 0 aliphatic heterocycles. The Kier molecular flexibility index (Phi) is 6.75. The van der Waals surface area contributed by atoms with Gasteiger partial charge >= 0.3 is 0 Å². The Morgan fingerprint density at radius 1 is 1.14 bits per heavy atom. The van der Waals surface area contributed by atoms with Crippen molar-refractivity contribution in [2.75, 3.05) is 13.2 Å². The lowest BCUT2D eigenvalue weighted by atomic mass is 9.81. The molecule has 0 aliphatic carbocycles. The van der Waals surface area contributed by atoms with Crippen LogP contribution in [-0.2, 0) is 4.74 Å². The lowest BCUT2D eigenvalue weighted by molar-refractivity contribution is -0.0366. The van der Waals surface area contributed by atoms with Crippen molar-refractivity contribution < 1.29 is 13.5 Å². The molecule has 0 fully saturated rings. The largest absolute Gasteiger partial charge is 0.376 e. The number of nitrogens with one attached hydrogen (secondary N) is 1. The lowest BCUT2D eigenvalue weighted by Gasteiger charge is -2.37. The summed E-state index contributed by atoms with van der Waals surface area (Å²) in [6, 6.07) is 3.90. The van der Waals surface area contributed by atoms with E-state index in [4.69, 9.17) is 4.74 Å². The van der Waals surface area contributed by atoms with Crippen molar-refractivity contribution in [2.24, 2.45) is 5.41 Å². The van der Waals surface area contributed by atoms with E-state index in [2.05, 4.69) is 33.0 Å². The summed E-state index contributed by atoms with van der Waals surface area (Å²) in [7, 11) is 0. The molecular formula is C17H27F2NO. The second-order valence-electron chi connectivity index (χ2n) is 6.35. The zero-order valence-electron chi connectivity index (χ0n) is 13.7. The van der Waals surface area contributed by atoms with Gasteiger partial charge in [0.05, 0.1) is 12.1 Å². The van der Waals surface area contributed by atoms with E-state index in [0.717, 1.165) is 18.5 Å². The van der Waals surface area contributed by atoms with E-state index in [9.17, 15) is 8.78 Å². The SMILES string of the molecule is CCCNC(c1ccc(F)c(F)c1)C(OCC)C(C)(C)C. The first kappa shape index (κ1) is 18.1. The molecule has 2 atom stereocenters. The Bertz CT molecular complexity index is 443. The van der Waals surface area contributed by atoms with Gasteiger partial charge in [-0.2, -0.15) is 0 Å². The summed E-state index contributed by atoms with van der Waals surface area (Å²) >= 11 is 0. The fourth-order valence-corrected chi connectivity index (χ4v) is 2.43. The van der Waals surface area contributed by atoms with Crippen LogP contribution in [0.25, 0.3) is 0 Å². The van der Waals surface area contributed by atoms with Gasteiger partial charge in [0.1, 0.15) is 0 Å². The van der Waals surface area contributed by atoms with Crippen molar-refractivity contribution >= 4 is 0 Å². The number of halogens is 2. The maximum Gasteiger partial charge on any atom is 0.159 e. The second kappa shape index (κ2) is 7.85. The van der Waals surface area contributed by atoms with Crippen molar-refractivity contribution in [2.45, 2.75) is 53.2 Å². The monoisotopic (exact) mass is 299 g/mol. The minimum Gasteiger partial charge on any atom is -0.376 e. The van der Waals surface area contributed by atoms with Gasteiger partial charge in [0.25, 0.3) is 0 Å². The fourth-order valence-electron chi connectivity index (χ4n) is 2.43. The Balaban J connectivity index is 3.15. The van der Waals surface area contributed by atoms with Crippen molar-refractivity contribution in [3.63, 3.8) is 0 Å². The maximum absolute atomic E-state index is 13.6. The smallest absolute Gasteiger partial charge is 0.159 e. The molecule has 0 amide bonds. The van der Waals surface area contributed by atoms with Crippen LogP contribution in [0.15, 0.2) is 18.2 Å². The van der Waals surface area contributed by atoms with Gasteiger partial charge < -0.3 is 10.1 Å². The van der Waals surface area contributed by atoms with E-state index in [1.807, 2.05) is 6.92 Å². The molecule has 0 saturated heterocycles. The number of hydrogen-bond acceptors (Lipinski definition) is 2. The predicted molar refractivity (Wildman–Crippen MR) is 82.3 cm³/mol. The quantitative estimate of drug-likeness (QED) is 0.803. The number of benzene rings is 1. The molecule has 0 aromatic heterocycles. The first-order valence-electron chi connectivity index (χ1n) is 7.61. The van der Waals surface area contributed by atoms with Crippen molar-refractivity contribution in [3.8, 4) is 0 Å². The van der Waals surface area contributed by atoms with E-state index in [1.54, 1.807) is 6.07 Å². The van der Waals surface area contributed by atoms with E-state index in [1.165, 1.54) is 12.1 Å². The van der Waals surface area contributed by atoms with E-state index in [0.29, 0.717) is 6.61 Å². The van der Waals surface area contributed by atoms with Crippen molar-refractivity contribution in [3.05, 3.63) is 35.4 Å². The van der Waals surface area contributed by atoms with Gasteiger partial charge in [0.2, 0.25) is 0 Å². The zero-order valence-corrected chi connectivity index (χ0v) is 13.7. The minimum atomic E-state index is -0.822. The molecule has 1 N–H and O–H groups in total. The standard InChI is InChI=1S/C17H27F2NO/c1-6-10-20-15(16(21-7-2)17(3,4)5)12-8-9-13(18)14(19)11-12/h8-9,11,15-16,20H,6-7,10H2,1-5H3. The summed E-state index contributed by atoms with van der Waals surface area (Å²) in [5, 5.41) is 3.41. The molecular weight excluding hydrogens is 272 g/mol.